The number of thioether (sulfide) groups is 1. The molecule has 32 heavy (non-hydrogen) atoms. The lowest BCUT2D eigenvalue weighted by atomic mass is 9.98. The molecule has 0 saturated heterocycles. The summed E-state index contributed by atoms with van der Waals surface area (Å²) in [4.78, 5) is 35.5. The van der Waals surface area contributed by atoms with Crippen molar-refractivity contribution >= 4 is 29.7 Å². The van der Waals surface area contributed by atoms with Gasteiger partial charge in [0.15, 0.2) is 0 Å². The first-order valence-electron chi connectivity index (χ1n) is 10.6. The highest BCUT2D eigenvalue weighted by Gasteiger charge is 2.30. The number of alkyl carbamates (subject to hydrolysis) is 1. The zero-order valence-corrected chi connectivity index (χ0v) is 19.0. The summed E-state index contributed by atoms with van der Waals surface area (Å²) in [6.45, 7) is 4.19. The van der Waals surface area contributed by atoms with Crippen LogP contribution in [0.15, 0.2) is 48.5 Å². The van der Waals surface area contributed by atoms with Gasteiger partial charge in [0, 0.05) is 18.2 Å². The number of hydrogen-bond donors (Lipinski definition) is 3. The molecule has 0 radical (unpaired) electrons. The van der Waals surface area contributed by atoms with Gasteiger partial charge in [0.1, 0.15) is 12.6 Å². The highest BCUT2D eigenvalue weighted by molar-refractivity contribution is 7.99. The fourth-order valence-corrected chi connectivity index (χ4v) is 4.38. The van der Waals surface area contributed by atoms with Crippen molar-refractivity contribution in [3.8, 4) is 11.1 Å². The molecule has 1 aliphatic carbocycles. The zero-order chi connectivity index (χ0) is 23.1. The quantitative estimate of drug-likeness (QED) is 0.473. The van der Waals surface area contributed by atoms with E-state index in [1.165, 1.54) is 11.8 Å². The van der Waals surface area contributed by atoms with E-state index in [1.54, 1.807) is 0 Å². The third-order valence-electron chi connectivity index (χ3n) is 5.34. The number of rotatable bonds is 10. The highest BCUT2D eigenvalue weighted by atomic mass is 32.2. The molecule has 0 aliphatic heterocycles. The van der Waals surface area contributed by atoms with E-state index in [0.29, 0.717) is 12.3 Å². The summed E-state index contributed by atoms with van der Waals surface area (Å²) in [5.74, 6) is -0.925. The van der Waals surface area contributed by atoms with Crippen LogP contribution in [0, 0.1) is 5.92 Å². The van der Waals surface area contributed by atoms with Gasteiger partial charge in [0.05, 0.1) is 5.75 Å². The summed E-state index contributed by atoms with van der Waals surface area (Å²) in [5.41, 5.74) is 4.55. The first-order valence-corrected chi connectivity index (χ1v) is 11.7. The largest absolute Gasteiger partial charge is 0.481 e. The molecule has 2 amide bonds. The molecule has 0 aromatic heterocycles. The average Bonchev–Trinajstić information content (AvgIpc) is 3.09. The van der Waals surface area contributed by atoms with E-state index in [-0.39, 0.29) is 30.1 Å². The van der Waals surface area contributed by atoms with Crippen molar-refractivity contribution in [2.45, 2.75) is 25.8 Å². The third kappa shape index (κ3) is 5.82. The summed E-state index contributed by atoms with van der Waals surface area (Å²) in [6, 6.07) is 15.5. The van der Waals surface area contributed by atoms with E-state index < -0.39 is 18.1 Å². The van der Waals surface area contributed by atoms with Gasteiger partial charge in [-0.1, -0.05) is 62.4 Å². The molecule has 3 rings (SSSR count). The standard InChI is InChI=1S/C24H28N2O5S/c1-15(2)22(23(29)25-11-12-32-14-21(27)28)26-24(30)31-13-20-18-9-5-3-7-16(18)17-8-4-6-10-19(17)20/h3-10,15,20,22H,11-14H2,1-2H3,(H,25,29)(H,26,30)(H,27,28). The molecule has 1 atom stereocenters. The monoisotopic (exact) mass is 456 g/mol. The Bertz CT molecular complexity index is 933. The van der Waals surface area contributed by atoms with Crippen LogP contribution >= 0.6 is 11.8 Å². The number of amides is 2. The molecule has 2 aromatic rings. The number of carbonyl (C=O) groups is 3. The molecule has 8 heteroatoms. The average molecular weight is 457 g/mol. The van der Waals surface area contributed by atoms with Gasteiger partial charge in [0.2, 0.25) is 5.91 Å². The molecule has 170 valence electrons. The fraction of sp³-hybridized carbons (Fsp3) is 0.375. The lowest BCUT2D eigenvalue weighted by molar-refractivity contribution is -0.133. The summed E-state index contributed by atoms with van der Waals surface area (Å²) >= 11 is 1.22. The number of carbonyl (C=O) groups excluding carboxylic acids is 2. The summed E-state index contributed by atoms with van der Waals surface area (Å²) in [7, 11) is 0. The highest BCUT2D eigenvalue weighted by Crippen LogP contribution is 2.44. The van der Waals surface area contributed by atoms with Gasteiger partial charge in [-0.2, -0.15) is 0 Å². The van der Waals surface area contributed by atoms with Gasteiger partial charge in [-0.25, -0.2) is 4.79 Å². The number of carboxylic acid groups (broad SMARTS) is 1. The molecule has 1 aliphatic rings. The molecular formula is C24H28N2O5S. The Morgan fingerprint density at radius 1 is 1.03 bits per heavy atom. The Kier molecular flexibility index (Phi) is 8.16. The molecule has 0 spiro atoms. The zero-order valence-electron chi connectivity index (χ0n) is 18.2. The minimum atomic E-state index is -0.890. The Morgan fingerprint density at radius 2 is 1.62 bits per heavy atom. The second-order valence-corrected chi connectivity index (χ2v) is 9.03. The van der Waals surface area contributed by atoms with Gasteiger partial charge in [-0.05, 0) is 28.2 Å². The summed E-state index contributed by atoms with van der Waals surface area (Å²) in [6.07, 6.45) is -0.638. The molecule has 0 bridgehead atoms. The van der Waals surface area contributed by atoms with E-state index in [2.05, 4.69) is 22.8 Å². The SMILES string of the molecule is CC(C)C(NC(=O)OCC1c2ccccc2-c2ccccc21)C(=O)NCCSCC(=O)O. The number of ether oxygens (including phenoxy) is 1. The van der Waals surface area contributed by atoms with Gasteiger partial charge in [0.25, 0.3) is 0 Å². The number of fused-ring (bicyclic) bond motifs is 3. The maximum atomic E-state index is 12.5. The molecule has 1 unspecified atom stereocenters. The van der Waals surface area contributed by atoms with Crippen LogP contribution in [-0.2, 0) is 14.3 Å². The summed E-state index contributed by atoms with van der Waals surface area (Å²) < 4.78 is 5.54. The number of nitrogens with one attached hydrogen (secondary N) is 2. The van der Waals surface area contributed by atoms with Crippen molar-refractivity contribution in [3.05, 3.63) is 59.7 Å². The van der Waals surface area contributed by atoms with E-state index in [1.807, 2.05) is 50.2 Å². The van der Waals surface area contributed by atoms with Crippen molar-refractivity contribution in [3.63, 3.8) is 0 Å². The lowest BCUT2D eigenvalue weighted by Gasteiger charge is -2.22. The lowest BCUT2D eigenvalue weighted by Crippen LogP contribution is -2.50. The molecule has 2 aromatic carbocycles. The first kappa shape index (κ1) is 23.7. The Labute approximate surface area is 191 Å². The molecule has 0 fully saturated rings. The van der Waals surface area contributed by atoms with Crippen molar-refractivity contribution in [2.24, 2.45) is 5.92 Å². The topological polar surface area (TPSA) is 105 Å². The minimum Gasteiger partial charge on any atom is -0.481 e. The second kappa shape index (κ2) is 11.0. The van der Waals surface area contributed by atoms with Crippen LogP contribution in [0.2, 0.25) is 0 Å². The predicted molar refractivity (Wildman–Crippen MR) is 125 cm³/mol. The van der Waals surface area contributed by atoms with Gasteiger partial charge < -0.3 is 20.5 Å². The van der Waals surface area contributed by atoms with Gasteiger partial charge in [-0.15, -0.1) is 11.8 Å². The van der Waals surface area contributed by atoms with E-state index >= 15 is 0 Å². The Morgan fingerprint density at radius 3 is 2.19 bits per heavy atom. The van der Waals surface area contributed by atoms with Gasteiger partial charge in [-0.3, -0.25) is 9.59 Å². The van der Waals surface area contributed by atoms with Crippen LogP contribution < -0.4 is 10.6 Å². The van der Waals surface area contributed by atoms with Crippen molar-refractivity contribution in [2.75, 3.05) is 24.7 Å². The smallest absolute Gasteiger partial charge is 0.407 e. The maximum absolute atomic E-state index is 12.5. The number of aliphatic carboxylic acids is 1. The maximum Gasteiger partial charge on any atom is 0.407 e. The van der Waals surface area contributed by atoms with E-state index in [0.717, 1.165) is 22.3 Å². The Balaban J connectivity index is 1.55. The van der Waals surface area contributed by atoms with Crippen LogP contribution in [0.4, 0.5) is 4.79 Å². The van der Waals surface area contributed by atoms with E-state index in [4.69, 9.17) is 9.84 Å². The molecule has 7 nitrogen and oxygen atoms in total. The summed E-state index contributed by atoms with van der Waals surface area (Å²) in [5, 5.41) is 14.1. The van der Waals surface area contributed by atoms with Gasteiger partial charge >= 0.3 is 12.1 Å². The van der Waals surface area contributed by atoms with Crippen molar-refractivity contribution < 1.29 is 24.2 Å². The minimum absolute atomic E-state index is 0.0124. The molecular weight excluding hydrogens is 428 g/mol. The molecule has 0 heterocycles. The van der Waals surface area contributed by atoms with E-state index in [9.17, 15) is 14.4 Å². The van der Waals surface area contributed by atoms with Crippen molar-refractivity contribution in [1.29, 1.82) is 0 Å². The van der Waals surface area contributed by atoms with Crippen LogP contribution in [0.5, 0.6) is 0 Å². The second-order valence-electron chi connectivity index (χ2n) is 7.93. The number of hydrogen-bond acceptors (Lipinski definition) is 5. The first-order chi connectivity index (χ1) is 15.4. The Hall–Kier alpha value is -3.00. The normalized spacial score (nSPS) is 13.2. The third-order valence-corrected chi connectivity index (χ3v) is 6.28. The number of carboxylic acids is 1. The van der Waals surface area contributed by atoms with Crippen LogP contribution in [-0.4, -0.2) is 53.8 Å². The molecule has 3 N–H and O–H groups in total. The number of benzene rings is 2. The van der Waals surface area contributed by atoms with Crippen LogP contribution in [0.3, 0.4) is 0 Å². The van der Waals surface area contributed by atoms with Crippen LogP contribution in [0.25, 0.3) is 11.1 Å². The van der Waals surface area contributed by atoms with Crippen LogP contribution in [0.1, 0.15) is 30.9 Å². The predicted octanol–water partition coefficient (Wildman–Crippen LogP) is 3.48. The fourth-order valence-electron chi connectivity index (χ4n) is 3.82. The van der Waals surface area contributed by atoms with Crippen molar-refractivity contribution in [1.82, 2.24) is 10.6 Å². The molecule has 0 saturated carbocycles.